The van der Waals surface area contributed by atoms with E-state index in [0.717, 1.165) is 36.6 Å². The first-order valence-electron chi connectivity index (χ1n) is 6.71. The summed E-state index contributed by atoms with van der Waals surface area (Å²) in [5.74, 6) is 0.219. The molecule has 0 bridgehead atoms. The lowest BCUT2D eigenvalue weighted by Gasteiger charge is -2.15. The van der Waals surface area contributed by atoms with Crippen LogP contribution in [0.4, 0.5) is 10.8 Å². The Morgan fingerprint density at radius 3 is 2.95 bits per heavy atom. The molecular weight excluding hydrogens is 256 g/mol. The van der Waals surface area contributed by atoms with E-state index in [0.29, 0.717) is 6.42 Å². The minimum atomic E-state index is 0.219. The Balaban J connectivity index is 1.77. The maximum Gasteiger partial charge on any atom is 0.190 e. The van der Waals surface area contributed by atoms with E-state index < -0.39 is 0 Å². The highest BCUT2D eigenvalue weighted by molar-refractivity contribution is 7.16. The van der Waals surface area contributed by atoms with Crippen molar-refractivity contribution in [1.29, 1.82) is 0 Å². The van der Waals surface area contributed by atoms with Crippen molar-refractivity contribution in [1.82, 2.24) is 4.98 Å². The predicted octanol–water partition coefficient (Wildman–Crippen LogP) is 3.36. The Kier molecular flexibility index (Phi) is 2.45. The third-order valence-corrected chi connectivity index (χ3v) is 5.01. The van der Waals surface area contributed by atoms with Crippen molar-refractivity contribution in [3.8, 4) is 0 Å². The third-order valence-electron chi connectivity index (χ3n) is 3.88. The molecule has 1 aromatic heterocycles. The molecule has 0 unspecified atom stereocenters. The van der Waals surface area contributed by atoms with Crippen LogP contribution in [0, 0.1) is 0 Å². The largest absolute Gasteiger partial charge is 0.317 e. The lowest BCUT2D eigenvalue weighted by Crippen LogP contribution is -2.13. The number of carbonyl (C=O) groups is 1. The molecule has 0 N–H and O–H groups in total. The average molecular weight is 270 g/mol. The van der Waals surface area contributed by atoms with Gasteiger partial charge in [-0.25, -0.2) is 4.98 Å². The van der Waals surface area contributed by atoms with Crippen LogP contribution in [0.5, 0.6) is 0 Å². The van der Waals surface area contributed by atoms with Crippen LogP contribution in [-0.2, 0) is 12.8 Å². The fourth-order valence-electron chi connectivity index (χ4n) is 2.91. The van der Waals surface area contributed by atoms with Crippen LogP contribution in [0.15, 0.2) is 24.3 Å². The molecule has 2 aromatic rings. The molecule has 19 heavy (non-hydrogen) atoms. The van der Waals surface area contributed by atoms with Gasteiger partial charge in [0, 0.05) is 23.5 Å². The topological polar surface area (TPSA) is 33.2 Å². The first-order chi connectivity index (χ1) is 9.33. The summed E-state index contributed by atoms with van der Waals surface area (Å²) in [5, 5.41) is 0.991. The summed E-state index contributed by atoms with van der Waals surface area (Å²) >= 11 is 1.69. The number of fused-ring (bicyclic) bond motifs is 2. The van der Waals surface area contributed by atoms with Gasteiger partial charge in [-0.1, -0.05) is 18.2 Å². The van der Waals surface area contributed by atoms with Gasteiger partial charge in [0.1, 0.15) is 5.69 Å². The molecule has 1 aliphatic heterocycles. The highest BCUT2D eigenvalue weighted by atomic mass is 32.1. The van der Waals surface area contributed by atoms with Crippen molar-refractivity contribution in [3.05, 3.63) is 40.4 Å². The number of Topliss-reactive ketones (excluding diaryl/α,β-unsaturated/α-hetero) is 1. The quantitative estimate of drug-likeness (QED) is 0.796. The molecule has 2 aliphatic rings. The number of hydrogen-bond acceptors (Lipinski definition) is 4. The lowest BCUT2D eigenvalue weighted by molar-refractivity contribution is 0.0968. The number of aryl methyl sites for hydroxylation is 1. The van der Waals surface area contributed by atoms with Gasteiger partial charge in [-0.05, 0) is 30.9 Å². The monoisotopic (exact) mass is 270 g/mol. The highest BCUT2D eigenvalue weighted by Crippen LogP contribution is 2.39. The minimum Gasteiger partial charge on any atom is -0.317 e. The van der Waals surface area contributed by atoms with Gasteiger partial charge in [-0.15, -0.1) is 11.3 Å². The van der Waals surface area contributed by atoms with E-state index in [2.05, 4.69) is 34.1 Å². The van der Waals surface area contributed by atoms with E-state index >= 15 is 0 Å². The normalized spacial score (nSPS) is 17.5. The van der Waals surface area contributed by atoms with Gasteiger partial charge in [0.15, 0.2) is 10.9 Å². The Labute approximate surface area is 115 Å². The fraction of sp³-hybridized carbons (Fsp3) is 0.333. The number of aromatic nitrogens is 1. The van der Waals surface area contributed by atoms with Crippen LogP contribution in [0.25, 0.3) is 0 Å². The van der Waals surface area contributed by atoms with Crippen LogP contribution in [0.1, 0.15) is 33.8 Å². The maximum absolute atomic E-state index is 11.9. The SMILES string of the molecule is O=C1CCCc2sc(N3CCc4ccccc43)nc21. The molecule has 0 amide bonds. The fourth-order valence-corrected chi connectivity index (χ4v) is 4.07. The first-order valence-corrected chi connectivity index (χ1v) is 7.53. The molecular formula is C15H14N2OS. The lowest BCUT2D eigenvalue weighted by atomic mass is 10.0. The van der Waals surface area contributed by atoms with Gasteiger partial charge in [-0.2, -0.15) is 0 Å². The summed E-state index contributed by atoms with van der Waals surface area (Å²) in [7, 11) is 0. The second-order valence-corrected chi connectivity index (χ2v) is 6.14. The summed E-state index contributed by atoms with van der Waals surface area (Å²) in [5.41, 5.74) is 3.36. The van der Waals surface area contributed by atoms with Gasteiger partial charge < -0.3 is 4.90 Å². The summed E-state index contributed by atoms with van der Waals surface area (Å²) < 4.78 is 0. The minimum absolute atomic E-state index is 0.219. The Hall–Kier alpha value is -1.68. The summed E-state index contributed by atoms with van der Waals surface area (Å²) in [6.07, 6.45) is 3.71. The number of ketones is 1. The van der Waals surface area contributed by atoms with Gasteiger partial charge in [0.2, 0.25) is 0 Å². The zero-order valence-corrected chi connectivity index (χ0v) is 11.4. The van der Waals surface area contributed by atoms with Gasteiger partial charge in [0.25, 0.3) is 0 Å². The molecule has 0 spiro atoms. The van der Waals surface area contributed by atoms with E-state index in [9.17, 15) is 4.79 Å². The first kappa shape index (κ1) is 11.2. The van der Waals surface area contributed by atoms with Crippen LogP contribution < -0.4 is 4.90 Å². The molecule has 0 saturated heterocycles. The molecule has 0 radical (unpaired) electrons. The second-order valence-electron chi connectivity index (χ2n) is 5.08. The van der Waals surface area contributed by atoms with Crippen LogP contribution in [0.3, 0.4) is 0 Å². The van der Waals surface area contributed by atoms with Crippen LogP contribution in [-0.4, -0.2) is 17.3 Å². The van der Waals surface area contributed by atoms with Crippen LogP contribution >= 0.6 is 11.3 Å². The van der Waals surface area contributed by atoms with Gasteiger partial charge in [-0.3, -0.25) is 4.79 Å². The highest BCUT2D eigenvalue weighted by Gasteiger charge is 2.27. The van der Waals surface area contributed by atoms with E-state index in [4.69, 9.17) is 0 Å². The third kappa shape index (κ3) is 1.70. The van der Waals surface area contributed by atoms with Crippen molar-refractivity contribution in [3.63, 3.8) is 0 Å². The van der Waals surface area contributed by atoms with Gasteiger partial charge in [0.05, 0.1) is 0 Å². The van der Waals surface area contributed by atoms with Crippen molar-refractivity contribution in [2.75, 3.05) is 11.4 Å². The number of rotatable bonds is 1. The van der Waals surface area contributed by atoms with Crippen molar-refractivity contribution < 1.29 is 4.79 Å². The standard InChI is InChI=1S/C15H14N2OS/c18-12-6-3-7-13-14(12)16-15(19-13)17-9-8-10-4-1-2-5-11(10)17/h1-2,4-5H,3,6-9H2. The summed E-state index contributed by atoms with van der Waals surface area (Å²) in [6, 6.07) is 8.47. The Morgan fingerprint density at radius 1 is 1.16 bits per heavy atom. The van der Waals surface area contributed by atoms with Crippen molar-refractivity contribution in [2.45, 2.75) is 25.7 Å². The molecule has 0 saturated carbocycles. The van der Waals surface area contributed by atoms with Gasteiger partial charge >= 0.3 is 0 Å². The molecule has 0 atom stereocenters. The van der Waals surface area contributed by atoms with E-state index in [-0.39, 0.29) is 5.78 Å². The molecule has 3 nitrogen and oxygen atoms in total. The average Bonchev–Trinajstić information content (AvgIpc) is 3.02. The zero-order valence-electron chi connectivity index (χ0n) is 10.6. The van der Waals surface area contributed by atoms with Crippen LogP contribution in [0.2, 0.25) is 0 Å². The molecule has 4 heteroatoms. The molecule has 0 fully saturated rings. The summed E-state index contributed by atoms with van der Waals surface area (Å²) in [4.78, 5) is 19.9. The predicted molar refractivity (Wildman–Crippen MR) is 76.5 cm³/mol. The Bertz CT molecular complexity index is 662. The van der Waals surface area contributed by atoms with E-state index in [1.165, 1.54) is 16.1 Å². The number of nitrogens with zero attached hydrogens (tertiary/aromatic N) is 2. The zero-order chi connectivity index (χ0) is 12.8. The molecule has 1 aromatic carbocycles. The molecule has 4 rings (SSSR count). The number of carbonyl (C=O) groups excluding carboxylic acids is 1. The van der Waals surface area contributed by atoms with Crippen molar-refractivity contribution in [2.24, 2.45) is 0 Å². The number of thiazole rings is 1. The molecule has 1 aliphatic carbocycles. The van der Waals surface area contributed by atoms with Crippen molar-refractivity contribution >= 4 is 27.9 Å². The van der Waals surface area contributed by atoms with E-state index in [1.54, 1.807) is 11.3 Å². The molecule has 96 valence electrons. The maximum atomic E-state index is 11.9. The molecule has 2 heterocycles. The second kappa shape index (κ2) is 4.17. The van der Waals surface area contributed by atoms with E-state index in [1.807, 2.05) is 0 Å². The summed E-state index contributed by atoms with van der Waals surface area (Å²) in [6.45, 7) is 0.972. The number of anilines is 2. The Morgan fingerprint density at radius 2 is 2.05 bits per heavy atom. The number of para-hydroxylation sites is 1. The smallest absolute Gasteiger partial charge is 0.190 e. The number of benzene rings is 1. The number of hydrogen-bond donors (Lipinski definition) is 0.